The van der Waals surface area contributed by atoms with Crippen molar-refractivity contribution in [2.75, 3.05) is 0 Å². The summed E-state index contributed by atoms with van der Waals surface area (Å²) in [4.78, 5) is 12.1. The molecule has 0 fully saturated rings. The Morgan fingerprint density at radius 2 is 1.81 bits per heavy atom. The Bertz CT molecular complexity index is 691. The van der Waals surface area contributed by atoms with Crippen LogP contribution in [0.25, 0.3) is 0 Å². The second kappa shape index (κ2) is 6.30. The Balaban J connectivity index is 2.18. The van der Waals surface area contributed by atoms with Gasteiger partial charge in [0.1, 0.15) is 5.82 Å². The average molecular weight is 358 g/mol. The number of hydrogen-bond acceptors (Lipinski definition) is 1. The Kier molecular flexibility index (Phi) is 4.67. The van der Waals surface area contributed by atoms with Crippen molar-refractivity contribution in [2.24, 2.45) is 0 Å². The van der Waals surface area contributed by atoms with Gasteiger partial charge < -0.3 is 5.32 Å². The van der Waals surface area contributed by atoms with E-state index in [9.17, 15) is 18.0 Å². The van der Waals surface area contributed by atoms with E-state index in [0.717, 1.165) is 12.1 Å². The number of carbonyl (C=O) groups excluding carboxylic acids is 1. The van der Waals surface area contributed by atoms with Gasteiger partial charge in [-0.25, -0.2) is 13.2 Å². The number of rotatable bonds is 3. The summed E-state index contributed by atoms with van der Waals surface area (Å²) in [5.41, 5.74) is 0.541. The van der Waals surface area contributed by atoms with E-state index in [1.54, 1.807) is 6.92 Å². The molecule has 2 aromatic carbocycles. The van der Waals surface area contributed by atoms with Crippen molar-refractivity contribution in [3.63, 3.8) is 0 Å². The summed E-state index contributed by atoms with van der Waals surface area (Å²) in [6, 6.07) is 6.93. The molecule has 0 aliphatic rings. The molecule has 21 heavy (non-hydrogen) atoms. The third-order valence-corrected chi connectivity index (χ3v) is 3.79. The molecular formula is C15H11BrF3NO. The summed E-state index contributed by atoms with van der Waals surface area (Å²) in [6.07, 6.45) is 0. The van der Waals surface area contributed by atoms with Crippen molar-refractivity contribution in [1.82, 2.24) is 5.32 Å². The van der Waals surface area contributed by atoms with E-state index in [-0.39, 0.29) is 10.0 Å². The molecule has 0 saturated carbocycles. The van der Waals surface area contributed by atoms with Crippen LogP contribution in [-0.4, -0.2) is 5.91 Å². The maximum atomic E-state index is 13.4. The first-order valence-electron chi connectivity index (χ1n) is 6.10. The number of carbonyl (C=O) groups is 1. The molecule has 0 saturated heterocycles. The minimum Gasteiger partial charge on any atom is -0.345 e. The third kappa shape index (κ3) is 3.44. The van der Waals surface area contributed by atoms with E-state index >= 15 is 0 Å². The monoisotopic (exact) mass is 357 g/mol. The Morgan fingerprint density at radius 3 is 2.48 bits per heavy atom. The normalized spacial score (nSPS) is 12.0. The molecule has 0 spiro atoms. The van der Waals surface area contributed by atoms with Gasteiger partial charge in [-0.15, -0.1) is 0 Å². The topological polar surface area (TPSA) is 29.1 Å². The average Bonchev–Trinajstić information content (AvgIpc) is 2.44. The van der Waals surface area contributed by atoms with Crippen molar-refractivity contribution in [2.45, 2.75) is 13.0 Å². The van der Waals surface area contributed by atoms with Crippen LogP contribution in [0.15, 0.2) is 40.9 Å². The minimum atomic E-state index is -0.986. The molecule has 0 heterocycles. The summed E-state index contributed by atoms with van der Waals surface area (Å²) < 4.78 is 39.5. The highest BCUT2D eigenvalue weighted by atomic mass is 79.9. The van der Waals surface area contributed by atoms with Gasteiger partial charge in [0.05, 0.1) is 16.1 Å². The number of hydrogen-bond donors (Lipinski definition) is 1. The highest BCUT2D eigenvalue weighted by Crippen LogP contribution is 2.22. The SMILES string of the molecule is CC(NC(=O)c1cccc(F)c1Br)c1ccc(F)c(F)c1. The van der Waals surface area contributed by atoms with Crippen LogP contribution in [0.4, 0.5) is 13.2 Å². The Hall–Kier alpha value is -1.82. The highest BCUT2D eigenvalue weighted by molar-refractivity contribution is 9.10. The van der Waals surface area contributed by atoms with Crippen LogP contribution in [0.1, 0.15) is 28.9 Å². The molecule has 0 aromatic heterocycles. The van der Waals surface area contributed by atoms with E-state index in [1.807, 2.05) is 0 Å². The maximum absolute atomic E-state index is 13.4. The van der Waals surface area contributed by atoms with Crippen LogP contribution in [0.5, 0.6) is 0 Å². The molecule has 0 bridgehead atoms. The molecule has 110 valence electrons. The van der Waals surface area contributed by atoms with Crippen LogP contribution in [0.2, 0.25) is 0 Å². The Labute approximate surface area is 128 Å². The quantitative estimate of drug-likeness (QED) is 0.868. The second-order valence-corrected chi connectivity index (χ2v) is 5.26. The molecule has 1 unspecified atom stereocenters. The lowest BCUT2D eigenvalue weighted by Gasteiger charge is -2.15. The molecule has 0 radical (unpaired) electrons. The molecule has 2 nitrogen and oxygen atoms in total. The van der Waals surface area contributed by atoms with Gasteiger partial charge >= 0.3 is 0 Å². The minimum absolute atomic E-state index is 0.0555. The molecule has 1 N–H and O–H groups in total. The van der Waals surface area contributed by atoms with Crippen molar-refractivity contribution in [3.8, 4) is 0 Å². The zero-order valence-corrected chi connectivity index (χ0v) is 12.5. The van der Waals surface area contributed by atoms with E-state index in [1.165, 1.54) is 24.3 Å². The Morgan fingerprint density at radius 1 is 1.10 bits per heavy atom. The molecule has 2 rings (SSSR count). The number of amides is 1. The summed E-state index contributed by atoms with van der Waals surface area (Å²) in [6.45, 7) is 1.62. The van der Waals surface area contributed by atoms with Crippen molar-refractivity contribution < 1.29 is 18.0 Å². The molecule has 6 heteroatoms. The fourth-order valence-corrected chi connectivity index (χ4v) is 2.26. The van der Waals surface area contributed by atoms with Gasteiger partial charge in [-0.2, -0.15) is 0 Å². The van der Waals surface area contributed by atoms with Crippen LogP contribution in [0, 0.1) is 17.5 Å². The predicted molar refractivity (Wildman–Crippen MR) is 76.3 cm³/mol. The standard InChI is InChI=1S/C15H11BrF3NO/c1-8(9-5-6-11(17)13(19)7-9)20-15(21)10-3-2-4-12(18)14(10)16/h2-8H,1H3,(H,20,21). The molecule has 1 amide bonds. The van der Waals surface area contributed by atoms with Gasteiger partial charge in [0.25, 0.3) is 5.91 Å². The zero-order chi connectivity index (χ0) is 15.6. The lowest BCUT2D eigenvalue weighted by Crippen LogP contribution is -2.27. The van der Waals surface area contributed by atoms with Crippen molar-refractivity contribution in [1.29, 1.82) is 0 Å². The van der Waals surface area contributed by atoms with Crippen LogP contribution in [0.3, 0.4) is 0 Å². The van der Waals surface area contributed by atoms with Gasteiger partial charge in [-0.05, 0) is 52.7 Å². The largest absolute Gasteiger partial charge is 0.345 e. The van der Waals surface area contributed by atoms with Crippen LogP contribution >= 0.6 is 15.9 Å². The second-order valence-electron chi connectivity index (χ2n) is 4.47. The zero-order valence-electron chi connectivity index (χ0n) is 11.0. The predicted octanol–water partition coefficient (Wildman–Crippen LogP) is 4.36. The van der Waals surface area contributed by atoms with Gasteiger partial charge in [-0.3, -0.25) is 4.79 Å². The summed E-state index contributed by atoms with van der Waals surface area (Å²) in [5, 5.41) is 2.60. The maximum Gasteiger partial charge on any atom is 0.253 e. The summed E-state index contributed by atoms with van der Waals surface area (Å²) in [5.74, 6) is -3.01. The van der Waals surface area contributed by atoms with Gasteiger partial charge in [0, 0.05) is 0 Å². The number of halogens is 4. The van der Waals surface area contributed by atoms with E-state index in [4.69, 9.17) is 0 Å². The van der Waals surface area contributed by atoms with Crippen molar-refractivity contribution >= 4 is 21.8 Å². The van der Waals surface area contributed by atoms with Gasteiger partial charge in [0.15, 0.2) is 11.6 Å². The molecule has 0 aliphatic carbocycles. The fourth-order valence-electron chi connectivity index (χ4n) is 1.82. The smallest absolute Gasteiger partial charge is 0.253 e. The third-order valence-electron chi connectivity index (χ3n) is 2.99. The fraction of sp³-hybridized carbons (Fsp3) is 0.133. The lowest BCUT2D eigenvalue weighted by molar-refractivity contribution is 0.0938. The first-order chi connectivity index (χ1) is 9.90. The first-order valence-corrected chi connectivity index (χ1v) is 6.89. The van der Waals surface area contributed by atoms with Crippen molar-refractivity contribution in [3.05, 3.63) is 69.4 Å². The van der Waals surface area contributed by atoms with E-state index in [0.29, 0.717) is 5.56 Å². The van der Waals surface area contributed by atoms with Crippen LogP contribution in [-0.2, 0) is 0 Å². The van der Waals surface area contributed by atoms with Gasteiger partial charge in [0.2, 0.25) is 0 Å². The number of nitrogens with one attached hydrogen (secondary N) is 1. The lowest BCUT2D eigenvalue weighted by atomic mass is 10.1. The summed E-state index contributed by atoms with van der Waals surface area (Å²) >= 11 is 3.00. The van der Waals surface area contributed by atoms with E-state index < -0.39 is 29.4 Å². The van der Waals surface area contributed by atoms with Crippen LogP contribution < -0.4 is 5.32 Å². The molecule has 0 aliphatic heterocycles. The summed E-state index contributed by atoms with van der Waals surface area (Å²) in [7, 11) is 0. The first kappa shape index (κ1) is 15.6. The molecule has 2 aromatic rings. The highest BCUT2D eigenvalue weighted by Gasteiger charge is 2.16. The molecular weight excluding hydrogens is 347 g/mol. The van der Waals surface area contributed by atoms with Gasteiger partial charge in [-0.1, -0.05) is 12.1 Å². The molecule has 1 atom stereocenters. The number of benzene rings is 2. The van der Waals surface area contributed by atoms with E-state index in [2.05, 4.69) is 21.2 Å².